The Morgan fingerprint density at radius 3 is 2.69 bits per heavy atom. The Balaban J connectivity index is 2.28. The minimum atomic E-state index is -3.31. The van der Waals surface area contributed by atoms with Crippen molar-refractivity contribution in [3.05, 3.63) is 11.4 Å². The zero-order valence-electron chi connectivity index (χ0n) is 9.22. The van der Waals surface area contributed by atoms with E-state index in [0.717, 1.165) is 19.3 Å². The number of anilines is 1. The second-order valence-electron chi connectivity index (χ2n) is 4.05. The molecule has 0 amide bonds. The van der Waals surface area contributed by atoms with Crippen LogP contribution in [0.5, 0.6) is 0 Å². The molecule has 1 fully saturated rings. The van der Waals surface area contributed by atoms with Gasteiger partial charge in [0, 0.05) is 23.7 Å². The summed E-state index contributed by atoms with van der Waals surface area (Å²) >= 11 is 1.20. The number of nitrogens with two attached hydrogens (primary N) is 1. The lowest BCUT2D eigenvalue weighted by Gasteiger charge is -2.19. The summed E-state index contributed by atoms with van der Waals surface area (Å²) in [6, 6.07) is 1.76. The summed E-state index contributed by atoms with van der Waals surface area (Å²) in [7, 11) is -3.31. The molecular weight excluding hydrogens is 244 g/mol. The predicted molar refractivity (Wildman–Crippen MR) is 65.9 cm³/mol. The molecule has 4 nitrogen and oxygen atoms in total. The van der Waals surface area contributed by atoms with Gasteiger partial charge in [-0.05, 0) is 25.3 Å². The van der Waals surface area contributed by atoms with E-state index < -0.39 is 10.0 Å². The van der Waals surface area contributed by atoms with Crippen molar-refractivity contribution in [2.45, 2.75) is 36.4 Å². The van der Waals surface area contributed by atoms with Crippen molar-refractivity contribution in [2.75, 3.05) is 12.3 Å². The van der Waals surface area contributed by atoms with Gasteiger partial charge in [0.1, 0.15) is 4.21 Å². The Hall–Kier alpha value is -0.590. The Morgan fingerprint density at radius 1 is 1.56 bits per heavy atom. The van der Waals surface area contributed by atoms with Crippen LogP contribution in [0.4, 0.5) is 5.69 Å². The van der Waals surface area contributed by atoms with Gasteiger partial charge in [0.15, 0.2) is 0 Å². The van der Waals surface area contributed by atoms with E-state index in [1.54, 1.807) is 15.8 Å². The van der Waals surface area contributed by atoms with E-state index in [-0.39, 0.29) is 6.04 Å². The van der Waals surface area contributed by atoms with E-state index in [2.05, 4.69) is 0 Å². The lowest BCUT2D eigenvalue weighted by molar-refractivity contribution is 0.404. The van der Waals surface area contributed by atoms with Crippen molar-refractivity contribution >= 4 is 27.0 Å². The quantitative estimate of drug-likeness (QED) is 0.879. The maximum atomic E-state index is 12.3. The molecule has 0 unspecified atom stereocenters. The molecular formula is C10H16N2O2S2. The van der Waals surface area contributed by atoms with Gasteiger partial charge in [-0.3, -0.25) is 0 Å². The van der Waals surface area contributed by atoms with Gasteiger partial charge in [-0.25, -0.2) is 8.42 Å². The molecule has 0 saturated heterocycles. The highest BCUT2D eigenvalue weighted by Gasteiger charge is 2.37. The standard InChI is InChI=1S/C10H16N2O2S2/c1-2-5-12(9-3-4-9)16(13,14)10-6-8(11)7-15-10/h6-7,9H,2-5,11H2,1H3. The van der Waals surface area contributed by atoms with Gasteiger partial charge in [0.25, 0.3) is 10.0 Å². The zero-order valence-corrected chi connectivity index (χ0v) is 10.9. The largest absolute Gasteiger partial charge is 0.398 e. The van der Waals surface area contributed by atoms with E-state index in [9.17, 15) is 8.42 Å². The van der Waals surface area contributed by atoms with Crippen molar-refractivity contribution in [3.8, 4) is 0 Å². The molecule has 16 heavy (non-hydrogen) atoms. The average molecular weight is 260 g/mol. The molecule has 1 aromatic rings. The van der Waals surface area contributed by atoms with Crippen LogP contribution in [-0.2, 0) is 10.0 Å². The van der Waals surface area contributed by atoms with E-state index in [1.807, 2.05) is 6.92 Å². The summed E-state index contributed by atoms with van der Waals surface area (Å²) in [4.78, 5) is 0. The number of rotatable bonds is 5. The minimum absolute atomic E-state index is 0.216. The molecule has 1 aromatic heterocycles. The molecule has 2 N–H and O–H groups in total. The van der Waals surface area contributed by atoms with Crippen LogP contribution in [0.25, 0.3) is 0 Å². The monoisotopic (exact) mass is 260 g/mol. The molecule has 2 rings (SSSR count). The lowest BCUT2D eigenvalue weighted by atomic mass is 10.5. The number of sulfonamides is 1. The van der Waals surface area contributed by atoms with Gasteiger partial charge in [0.2, 0.25) is 0 Å². The first-order valence-corrected chi connectivity index (χ1v) is 7.73. The van der Waals surface area contributed by atoms with Crippen LogP contribution in [-0.4, -0.2) is 25.3 Å². The van der Waals surface area contributed by atoms with Gasteiger partial charge >= 0.3 is 0 Å². The number of nitrogens with zero attached hydrogens (tertiary/aromatic N) is 1. The minimum Gasteiger partial charge on any atom is -0.398 e. The Labute approximate surface area is 100 Å². The maximum Gasteiger partial charge on any atom is 0.252 e. The molecule has 90 valence electrons. The molecule has 0 atom stereocenters. The molecule has 1 saturated carbocycles. The van der Waals surface area contributed by atoms with Gasteiger partial charge in [0.05, 0.1) is 0 Å². The van der Waals surface area contributed by atoms with Crippen molar-refractivity contribution in [2.24, 2.45) is 0 Å². The summed E-state index contributed by atoms with van der Waals surface area (Å²) in [5.74, 6) is 0. The zero-order chi connectivity index (χ0) is 11.8. The Bertz CT molecular complexity index is 463. The number of hydrogen-bond donors (Lipinski definition) is 1. The molecule has 0 aliphatic heterocycles. The summed E-state index contributed by atoms with van der Waals surface area (Å²) in [6.45, 7) is 2.60. The van der Waals surface area contributed by atoms with Crippen LogP contribution in [0, 0.1) is 0 Å². The van der Waals surface area contributed by atoms with E-state index in [1.165, 1.54) is 11.3 Å². The van der Waals surface area contributed by atoms with Crippen LogP contribution in [0.3, 0.4) is 0 Å². The van der Waals surface area contributed by atoms with Crippen LogP contribution < -0.4 is 5.73 Å². The van der Waals surface area contributed by atoms with Gasteiger partial charge in [-0.1, -0.05) is 6.92 Å². The molecule has 1 aliphatic rings. The Kier molecular flexibility index (Phi) is 3.23. The summed E-state index contributed by atoms with van der Waals surface area (Å²) in [5.41, 5.74) is 6.09. The summed E-state index contributed by atoms with van der Waals surface area (Å²) in [6.07, 6.45) is 2.82. The van der Waals surface area contributed by atoms with E-state index in [0.29, 0.717) is 16.4 Å². The maximum absolute atomic E-state index is 12.3. The highest BCUT2D eigenvalue weighted by atomic mass is 32.2. The number of hydrogen-bond acceptors (Lipinski definition) is 4. The van der Waals surface area contributed by atoms with E-state index in [4.69, 9.17) is 5.73 Å². The second kappa shape index (κ2) is 4.35. The van der Waals surface area contributed by atoms with Gasteiger partial charge in [-0.2, -0.15) is 4.31 Å². The van der Waals surface area contributed by atoms with E-state index >= 15 is 0 Å². The van der Waals surface area contributed by atoms with Crippen LogP contribution in [0.15, 0.2) is 15.7 Å². The third-order valence-electron chi connectivity index (χ3n) is 2.56. The molecule has 6 heteroatoms. The second-order valence-corrected chi connectivity index (χ2v) is 7.07. The molecule has 0 aromatic carbocycles. The first kappa shape index (κ1) is 11.9. The molecule has 1 heterocycles. The van der Waals surface area contributed by atoms with Crippen molar-refractivity contribution < 1.29 is 8.42 Å². The highest BCUT2D eigenvalue weighted by Crippen LogP contribution is 2.34. The fourth-order valence-electron chi connectivity index (χ4n) is 1.66. The van der Waals surface area contributed by atoms with Crippen LogP contribution in [0.1, 0.15) is 26.2 Å². The topological polar surface area (TPSA) is 63.4 Å². The van der Waals surface area contributed by atoms with Gasteiger partial charge < -0.3 is 5.73 Å². The number of nitrogen functional groups attached to an aromatic ring is 1. The molecule has 1 aliphatic carbocycles. The fraction of sp³-hybridized carbons (Fsp3) is 0.600. The Morgan fingerprint density at radius 2 is 2.25 bits per heavy atom. The van der Waals surface area contributed by atoms with Crippen LogP contribution >= 0.6 is 11.3 Å². The summed E-state index contributed by atoms with van der Waals surface area (Å²) < 4.78 is 26.6. The fourth-order valence-corrected chi connectivity index (χ4v) is 4.65. The SMILES string of the molecule is CCCN(C1CC1)S(=O)(=O)c1cc(N)cs1. The van der Waals surface area contributed by atoms with Gasteiger partial charge in [-0.15, -0.1) is 11.3 Å². The average Bonchev–Trinajstić information content (AvgIpc) is 2.96. The van der Waals surface area contributed by atoms with Crippen molar-refractivity contribution in [3.63, 3.8) is 0 Å². The lowest BCUT2D eigenvalue weighted by Crippen LogP contribution is -2.33. The van der Waals surface area contributed by atoms with Crippen molar-refractivity contribution in [1.29, 1.82) is 0 Å². The normalized spacial score (nSPS) is 16.9. The van der Waals surface area contributed by atoms with Crippen LogP contribution in [0.2, 0.25) is 0 Å². The smallest absolute Gasteiger partial charge is 0.252 e. The predicted octanol–water partition coefficient (Wildman–Crippen LogP) is 1.89. The highest BCUT2D eigenvalue weighted by molar-refractivity contribution is 7.91. The molecule has 0 bridgehead atoms. The number of thiophene rings is 1. The summed E-state index contributed by atoms with van der Waals surface area (Å²) in [5, 5.41) is 1.67. The molecule has 0 spiro atoms. The first-order valence-electron chi connectivity index (χ1n) is 5.41. The third kappa shape index (κ3) is 2.23. The molecule has 0 radical (unpaired) electrons. The first-order chi connectivity index (χ1) is 7.55. The third-order valence-corrected chi connectivity index (χ3v) is 5.94. The van der Waals surface area contributed by atoms with Crippen molar-refractivity contribution in [1.82, 2.24) is 4.31 Å².